The van der Waals surface area contributed by atoms with E-state index in [1.165, 1.54) is 7.11 Å². The quantitative estimate of drug-likeness (QED) is 0.420. The van der Waals surface area contributed by atoms with Gasteiger partial charge >= 0.3 is 12.1 Å². The zero-order valence-corrected chi connectivity index (χ0v) is 6.92. The highest BCUT2D eigenvalue weighted by atomic mass is 16.5. The highest BCUT2D eigenvalue weighted by molar-refractivity contribution is 5.80. The van der Waals surface area contributed by atoms with Crippen LogP contribution < -0.4 is 0 Å². The second-order valence-electron chi connectivity index (χ2n) is 0.811. The fourth-order valence-corrected chi connectivity index (χ4v) is 0.0833. The zero-order valence-electron chi connectivity index (χ0n) is 6.92. The summed E-state index contributed by atoms with van der Waals surface area (Å²) < 4.78 is 4.14. The van der Waals surface area contributed by atoms with E-state index in [-0.39, 0.29) is 6.15 Å². The van der Waals surface area contributed by atoms with Crippen molar-refractivity contribution >= 4 is 12.1 Å². The Morgan fingerprint density at radius 3 is 1.73 bits per heavy atom. The maximum Gasteiger partial charge on any atom is 0.373 e. The molecule has 0 N–H and O–H groups in total. The first-order valence-electron chi connectivity index (χ1n) is 2.92. The van der Waals surface area contributed by atoms with E-state index in [1.54, 1.807) is 0 Å². The normalized spacial score (nSPS) is 5.00. The van der Waals surface area contributed by atoms with Gasteiger partial charge in [0.05, 0.1) is 7.11 Å². The lowest BCUT2D eigenvalue weighted by molar-refractivity contribution is -0.191. The molecule has 0 saturated heterocycles. The second-order valence-corrected chi connectivity index (χ2v) is 0.811. The Morgan fingerprint density at radius 1 is 1.45 bits per heavy atom. The Labute approximate surface area is 65.8 Å². The first kappa shape index (κ1) is 16.3. The molecule has 0 unspecified atom stereocenters. The molecule has 0 fully saturated rings. The van der Waals surface area contributed by atoms with Gasteiger partial charge in [0.1, 0.15) is 0 Å². The van der Waals surface area contributed by atoms with Crippen molar-refractivity contribution in [2.45, 2.75) is 13.8 Å². The Bertz CT molecular complexity index is 122. The lowest BCUT2D eigenvalue weighted by Crippen LogP contribution is -1.91. The Morgan fingerprint density at radius 2 is 1.73 bits per heavy atom. The van der Waals surface area contributed by atoms with Crippen LogP contribution in [0.2, 0.25) is 0 Å². The average molecular weight is 160 g/mol. The van der Waals surface area contributed by atoms with Gasteiger partial charge in [-0.25, -0.2) is 4.79 Å². The molecule has 11 heavy (non-hydrogen) atoms. The van der Waals surface area contributed by atoms with E-state index in [0.717, 1.165) is 6.08 Å². The molecule has 0 aromatic rings. The zero-order chi connectivity index (χ0) is 9.70. The van der Waals surface area contributed by atoms with E-state index >= 15 is 0 Å². The topological polar surface area (TPSA) is 60.4 Å². The predicted octanol–water partition coefficient (Wildman–Crippen LogP) is 0.788. The fourth-order valence-electron chi connectivity index (χ4n) is 0.0833. The van der Waals surface area contributed by atoms with E-state index in [0.29, 0.717) is 0 Å². The summed E-state index contributed by atoms with van der Waals surface area (Å²) in [6, 6.07) is 0. The summed E-state index contributed by atoms with van der Waals surface area (Å²) in [5, 5.41) is 0. The van der Waals surface area contributed by atoms with E-state index in [1.807, 2.05) is 13.8 Å². The molecule has 0 amide bonds. The molecule has 0 aliphatic rings. The highest BCUT2D eigenvalue weighted by Gasteiger charge is 1.81. The van der Waals surface area contributed by atoms with Gasteiger partial charge in [-0.1, -0.05) is 20.4 Å². The molecule has 0 spiro atoms. The number of carbonyl (C=O) groups is 1. The molecule has 0 aromatic heterocycles. The minimum atomic E-state index is -0.394. The van der Waals surface area contributed by atoms with Gasteiger partial charge in [-0.2, -0.15) is 9.59 Å². The molecular weight excluding hydrogens is 148 g/mol. The fraction of sp³-hybridized carbons (Fsp3) is 0.429. The number of hydrogen-bond acceptors (Lipinski definition) is 4. The number of ether oxygens (including phenoxy) is 1. The molecular formula is C7H12O4. The maximum atomic E-state index is 9.84. The van der Waals surface area contributed by atoms with Crippen LogP contribution in [0.5, 0.6) is 0 Å². The molecule has 0 heterocycles. The van der Waals surface area contributed by atoms with Crippen LogP contribution in [-0.2, 0) is 19.1 Å². The van der Waals surface area contributed by atoms with Crippen molar-refractivity contribution in [2.75, 3.05) is 7.11 Å². The van der Waals surface area contributed by atoms with Crippen LogP contribution in [0, 0.1) is 0 Å². The third-order valence-corrected chi connectivity index (χ3v) is 0.368. The summed E-state index contributed by atoms with van der Waals surface area (Å²) in [6.07, 6.45) is 1.36. The van der Waals surface area contributed by atoms with Crippen LogP contribution in [0.15, 0.2) is 12.7 Å². The first-order valence-corrected chi connectivity index (χ1v) is 2.92. The molecule has 0 atom stereocenters. The molecule has 4 heteroatoms. The minimum absolute atomic E-state index is 0.250. The summed E-state index contributed by atoms with van der Waals surface area (Å²) in [4.78, 5) is 26.1. The number of esters is 1. The molecule has 0 aliphatic heterocycles. The van der Waals surface area contributed by atoms with Crippen LogP contribution in [0.3, 0.4) is 0 Å². The van der Waals surface area contributed by atoms with Crippen molar-refractivity contribution in [3.63, 3.8) is 0 Å². The molecule has 0 aliphatic carbocycles. The van der Waals surface area contributed by atoms with Crippen LogP contribution in [0.25, 0.3) is 0 Å². The molecule has 4 nitrogen and oxygen atoms in total. The van der Waals surface area contributed by atoms with E-state index < -0.39 is 5.97 Å². The summed E-state index contributed by atoms with van der Waals surface area (Å²) in [7, 11) is 1.31. The molecule has 0 saturated carbocycles. The minimum Gasteiger partial charge on any atom is -0.466 e. The van der Waals surface area contributed by atoms with Crippen molar-refractivity contribution in [3.8, 4) is 0 Å². The van der Waals surface area contributed by atoms with Gasteiger partial charge in [0, 0.05) is 6.08 Å². The average Bonchev–Trinajstić information content (AvgIpc) is 2.08. The molecule has 0 rings (SSSR count). The van der Waals surface area contributed by atoms with Gasteiger partial charge in [-0.3, -0.25) is 0 Å². The first-order chi connectivity index (χ1) is 5.22. The van der Waals surface area contributed by atoms with E-state index in [9.17, 15) is 4.79 Å². The summed E-state index contributed by atoms with van der Waals surface area (Å²) in [6.45, 7) is 7.16. The summed E-state index contributed by atoms with van der Waals surface area (Å²) in [5.41, 5.74) is 0. The van der Waals surface area contributed by atoms with Gasteiger partial charge in [0.25, 0.3) is 0 Å². The standard InChI is InChI=1S/C4H6O2.C2H6.CO2/c1-3-4(5)6-2;1-2;2-1-3/h3H,1H2,2H3;1-2H3;. The third-order valence-electron chi connectivity index (χ3n) is 0.368. The van der Waals surface area contributed by atoms with Gasteiger partial charge in [0.2, 0.25) is 0 Å². The smallest absolute Gasteiger partial charge is 0.373 e. The maximum absolute atomic E-state index is 9.84. The monoisotopic (exact) mass is 160 g/mol. The van der Waals surface area contributed by atoms with Gasteiger partial charge in [-0.15, -0.1) is 0 Å². The lowest BCUT2D eigenvalue weighted by atomic mass is 10.7. The van der Waals surface area contributed by atoms with Crippen molar-refractivity contribution in [1.29, 1.82) is 0 Å². The van der Waals surface area contributed by atoms with Crippen molar-refractivity contribution in [2.24, 2.45) is 0 Å². The molecule has 64 valence electrons. The molecule has 0 aromatic carbocycles. The predicted molar refractivity (Wildman–Crippen MR) is 38.6 cm³/mol. The van der Waals surface area contributed by atoms with E-state index in [4.69, 9.17) is 9.59 Å². The largest absolute Gasteiger partial charge is 0.466 e. The van der Waals surface area contributed by atoms with Gasteiger partial charge in [-0.05, 0) is 0 Å². The SMILES string of the molecule is C=CC(=O)OC.CC.O=C=O. The summed E-state index contributed by atoms with van der Waals surface area (Å²) >= 11 is 0. The van der Waals surface area contributed by atoms with Crippen LogP contribution in [-0.4, -0.2) is 19.2 Å². The van der Waals surface area contributed by atoms with Gasteiger partial charge in [0.15, 0.2) is 0 Å². The van der Waals surface area contributed by atoms with Crippen LogP contribution in [0.1, 0.15) is 13.8 Å². The Balaban J connectivity index is -0.000000109. The number of hydrogen-bond donors (Lipinski definition) is 0. The van der Waals surface area contributed by atoms with Crippen molar-refractivity contribution in [3.05, 3.63) is 12.7 Å². The Hall–Kier alpha value is -1.41. The van der Waals surface area contributed by atoms with E-state index in [2.05, 4.69) is 11.3 Å². The number of rotatable bonds is 1. The van der Waals surface area contributed by atoms with Gasteiger partial charge < -0.3 is 4.74 Å². The van der Waals surface area contributed by atoms with Crippen molar-refractivity contribution in [1.82, 2.24) is 0 Å². The second kappa shape index (κ2) is 23.5. The molecule has 0 bridgehead atoms. The van der Waals surface area contributed by atoms with Crippen LogP contribution >= 0.6 is 0 Å². The molecule has 0 radical (unpaired) electrons. The number of methoxy groups -OCH3 is 1. The summed E-state index contributed by atoms with van der Waals surface area (Å²) in [5.74, 6) is -0.394. The lowest BCUT2D eigenvalue weighted by Gasteiger charge is -1.83. The van der Waals surface area contributed by atoms with Crippen LogP contribution in [0.4, 0.5) is 0 Å². The number of carbonyl (C=O) groups excluding carboxylic acids is 3. The third kappa shape index (κ3) is 55.6. The highest BCUT2D eigenvalue weighted by Crippen LogP contribution is 1.67. The van der Waals surface area contributed by atoms with Crippen molar-refractivity contribution < 1.29 is 19.1 Å². The Kier molecular flexibility index (Phi) is 34.8.